The van der Waals surface area contributed by atoms with Crippen molar-refractivity contribution >= 4 is 0 Å². The standard InChI is InChI=1S/C34H52O8/c1-6-11-17-37-26-22-28(35)27(30(23-26)39-19-13-8-3)24-32-33(42-34(41-32)36-10-5)25-15-16-29(38-18-12-7-2)31(21-25)40-20-14-9-4/h15-16,21-23,32-35H,6-14,17-20,24H2,1-5H3. The molecule has 3 rings (SSSR count). The van der Waals surface area contributed by atoms with E-state index in [1.165, 1.54) is 0 Å². The Morgan fingerprint density at radius 1 is 0.667 bits per heavy atom. The van der Waals surface area contributed by atoms with E-state index in [0.29, 0.717) is 62.3 Å². The van der Waals surface area contributed by atoms with E-state index in [1.54, 1.807) is 6.07 Å². The Bertz CT molecular complexity index is 1040. The van der Waals surface area contributed by atoms with Crippen molar-refractivity contribution in [1.82, 2.24) is 0 Å². The Morgan fingerprint density at radius 3 is 1.88 bits per heavy atom. The Hall–Kier alpha value is -2.68. The smallest absolute Gasteiger partial charge is 0.272 e. The first kappa shape index (κ1) is 33.8. The lowest BCUT2D eigenvalue weighted by Gasteiger charge is -2.21. The molecule has 8 nitrogen and oxygen atoms in total. The molecule has 0 spiro atoms. The Balaban J connectivity index is 1.91. The van der Waals surface area contributed by atoms with Gasteiger partial charge in [-0.1, -0.05) is 59.4 Å². The highest BCUT2D eigenvalue weighted by atomic mass is 16.9. The summed E-state index contributed by atoms with van der Waals surface area (Å²) in [6.07, 6.45) is 7.37. The molecule has 1 aliphatic rings. The summed E-state index contributed by atoms with van der Waals surface area (Å²) in [7, 11) is 0. The fourth-order valence-electron chi connectivity index (χ4n) is 4.59. The van der Waals surface area contributed by atoms with Gasteiger partial charge in [-0.3, -0.25) is 0 Å². The van der Waals surface area contributed by atoms with Crippen molar-refractivity contribution in [3.05, 3.63) is 41.5 Å². The molecule has 1 N–H and O–H groups in total. The lowest BCUT2D eigenvalue weighted by Crippen LogP contribution is -2.20. The first-order valence-electron chi connectivity index (χ1n) is 16.0. The number of unbranched alkanes of at least 4 members (excludes halogenated alkanes) is 4. The second-order valence-corrected chi connectivity index (χ2v) is 10.6. The predicted octanol–water partition coefficient (Wildman–Crippen LogP) is 8.13. The van der Waals surface area contributed by atoms with E-state index in [1.807, 2.05) is 31.2 Å². The molecule has 1 heterocycles. The molecule has 1 aliphatic heterocycles. The van der Waals surface area contributed by atoms with Gasteiger partial charge in [0.1, 0.15) is 23.4 Å². The molecule has 3 unspecified atom stereocenters. The molecule has 2 aromatic carbocycles. The van der Waals surface area contributed by atoms with Crippen LogP contribution in [0.15, 0.2) is 30.3 Å². The first-order chi connectivity index (χ1) is 20.5. The van der Waals surface area contributed by atoms with Crippen LogP contribution < -0.4 is 18.9 Å². The van der Waals surface area contributed by atoms with Crippen molar-refractivity contribution in [2.24, 2.45) is 0 Å². The Morgan fingerprint density at radius 2 is 1.26 bits per heavy atom. The van der Waals surface area contributed by atoms with Gasteiger partial charge in [0.25, 0.3) is 6.48 Å². The summed E-state index contributed by atoms with van der Waals surface area (Å²) >= 11 is 0. The van der Waals surface area contributed by atoms with Crippen LogP contribution in [0.2, 0.25) is 0 Å². The summed E-state index contributed by atoms with van der Waals surface area (Å²) in [4.78, 5) is 0. The SMILES string of the molecule is CCCCOc1cc(O)c(CC2OC(OCC)OC2c2ccc(OCCCC)c(OCCCC)c2)c(OCCCC)c1. The summed E-state index contributed by atoms with van der Waals surface area (Å²) < 4.78 is 42.5. The highest BCUT2D eigenvalue weighted by Crippen LogP contribution is 2.42. The zero-order valence-electron chi connectivity index (χ0n) is 26.3. The minimum Gasteiger partial charge on any atom is -0.507 e. The number of ether oxygens (including phenoxy) is 7. The van der Waals surface area contributed by atoms with E-state index in [4.69, 9.17) is 33.2 Å². The molecule has 8 heteroatoms. The van der Waals surface area contributed by atoms with Crippen LogP contribution in [0.25, 0.3) is 0 Å². The van der Waals surface area contributed by atoms with Crippen LogP contribution in [0, 0.1) is 0 Å². The number of rotatable bonds is 21. The molecule has 236 valence electrons. The lowest BCUT2D eigenvalue weighted by molar-refractivity contribution is -0.240. The normalized spacial score (nSPS) is 18.3. The molecule has 0 radical (unpaired) electrons. The largest absolute Gasteiger partial charge is 0.507 e. The van der Waals surface area contributed by atoms with Crippen LogP contribution in [0.5, 0.6) is 28.7 Å². The molecular formula is C34H52O8. The monoisotopic (exact) mass is 588 g/mol. The Kier molecular flexibility index (Phi) is 15.1. The summed E-state index contributed by atoms with van der Waals surface area (Å²) in [6.45, 7) is 12.4. The fraction of sp³-hybridized carbons (Fsp3) is 0.647. The minimum absolute atomic E-state index is 0.112. The van der Waals surface area contributed by atoms with Gasteiger partial charge in [0, 0.05) is 30.7 Å². The van der Waals surface area contributed by atoms with E-state index in [0.717, 1.165) is 62.7 Å². The Labute approximate surface area is 252 Å². The van der Waals surface area contributed by atoms with Crippen LogP contribution in [-0.4, -0.2) is 50.7 Å². The van der Waals surface area contributed by atoms with Gasteiger partial charge in [-0.05, 0) is 50.3 Å². The van der Waals surface area contributed by atoms with Crippen LogP contribution >= 0.6 is 0 Å². The summed E-state index contributed by atoms with van der Waals surface area (Å²) in [6, 6.07) is 9.44. The van der Waals surface area contributed by atoms with Gasteiger partial charge in [0.2, 0.25) is 0 Å². The molecular weight excluding hydrogens is 536 g/mol. The average Bonchev–Trinajstić information content (AvgIpc) is 3.38. The predicted molar refractivity (Wildman–Crippen MR) is 164 cm³/mol. The molecule has 1 saturated heterocycles. The zero-order valence-corrected chi connectivity index (χ0v) is 26.3. The quantitative estimate of drug-likeness (QED) is 0.146. The van der Waals surface area contributed by atoms with Crippen molar-refractivity contribution in [1.29, 1.82) is 0 Å². The number of hydrogen-bond donors (Lipinski definition) is 1. The third-order valence-electron chi connectivity index (χ3n) is 7.08. The lowest BCUT2D eigenvalue weighted by atomic mass is 9.97. The van der Waals surface area contributed by atoms with Crippen molar-refractivity contribution in [3.63, 3.8) is 0 Å². The van der Waals surface area contributed by atoms with Gasteiger partial charge < -0.3 is 38.3 Å². The molecule has 42 heavy (non-hydrogen) atoms. The highest BCUT2D eigenvalue weighted by molar-refractivity contribution is 5.51. The molecule has 0 saturated carbocycles. The maximum Gasteiger partial charge on any atom is 0.272 e. The van der Waals surface area contributed by atoms with Crippen molar-refractivity contribution in [2.45, 2.75) is 111 Å². The van der Waals surface area contributed by atoms with Gasteiger partial charge in [-0.15, -0.1) is 0 Å². The summed E-state index contributed by atoms with van der Waals surface area (Å²) in [5, 5.41) is 11.2. The van der Waals surface area contributed by atoms with Gasteiger partial charge >= 0.3 is 0 Å². The van der Waals surface area contributed by atoms with Crippen molar-refractivity contribution < 1.29 is 38.3 Å². The van der Waals surface area contributed by atoms with Gasteiger partial charge in [0.05, 0.1) is 32.5 Å². The van der Waals surface area contributed by atoms with E-state index in [9.17, 15) is 5.11 Å². The van der Waals surface area contributed by atoms with E-state index < -0.39 is 18.7 Å². The highest BCUT2D eigenvalue weighted by Gasteiger charge is 2.39. The number of benzene rings is 2. The molecule has 2 aromatic rings. The fourth-order valence-corrected chi connectivity index (χ4v) is 4.59. The van der Waals surface area contributed by atoms with Gasteiger partial charge in [0.15, 0.2) is 11.5 Å². The number of phenolic OH excluding ortho intramolecular Hbond substituents is 1. The third kappa shape index (κ3) is 10.2. The maximum atomic E-state index is 11.2. The zero-order chi connectivity index (χ0) is 30.2. The third-order valence-corrected chi connectivity index (χ3v) is 7.08. The second-order valence-electron chi connectivity index (χ2n) is 10.6. The summed E-state index contributed by atoms with van der Waals surface area (Å²) in [5.74, 6) is 2.72. The average molecular weight is 589 g/mol. The van der Waals surface area contributed by atoms with E-state index in [2.05, 4.69) is 27.7 Å². The van der Waals surface area contributed by atoms with Gasteiger partial charge in [-0.25, -0.2) is 0 Å². The number of hydrogen-bond acceptors (Lipinski definition) is 8. The van der Waals surface area contributed by atoms with Crippen LogP contribution in [0.1, 0.15) is 103 Å². The minimum atomic E-state index is -0.821. The number of phenols is 1. The van der Waals surface area contributed by atoms with Gasteiger partial charge in [-0.2, -0.15) is 0 Å². The molecule has 0 amide bonds. The molecule has 0 bridgehead atoms. The molecule has 0 aliphatic carbocycles. The van der Waals surface area contributed by atoms with Crippen molar-refractivity contribution in [2.75, 3.05) is 33.0 Å². The van der Waals surface area contributed by atoms with Crippen molar-refractivity contribution in [3.8, 4) is 28.7 Å². The topological polar surface area (TPSA) is 84.8 Å². The van der Waals surface area contributed by atoms with Crippen LogP contribution in [-0.2, 0) is 20.6 Å². The molecule has 1 fully saturated rings. The maximum absolute atomic E-state index is 11.2. The van der Waals surface area contributed by atoms with Crippen LogP contribution in [0.3, 0.4) is 0 Å². The van der Waals surface area contributed by atoms with Crippen LogP contribution in [0.4, 0.5) is 0 Å². The second kappa shape index (κ2) is 18.8. The summed E-state index contributed by atoms with van der Waals surface area (Å²) in [5.41, 5.74) is 1.55. The number of aromatic hydroxyl groups is 1. The van der Waals surface area contributed by atoms with E-state index in [-0.39, 0.29) is 5.75 Å². The van der Waals surface area contributed by atoms with E-state index >= 15 is 0 Å². The first-order valence-corrected chi connectivity index (χ1v) is 16.0. The molecule has 0 aromatic heterocycles. The molecule has 3 atom stereocenters.